The lowest BCUT2D eigenvalue weighted by Gasteiger charge is -2.24. The molecule has 3 rings (SSSR count). The largest absolute Gasteiger partial charge is 0.340 e. The van der Waals surface area contributed by atoms with Gasteiger partial charge in [-0.1, -0.05) is 0 Å². The highest BCUT2D eigenvalue weighted by atomic mass is 32.2. The predicted octanol–water partition coefficient (Wildman–Crippen LogP) is -0.320. The van der Waals surface area contributed by atoms with Crippen molar-refractivity contribution in [1.82, 2.24) is 29.7 Å². The van der Waals surface area contributed by atoms with Crippen LogP contribution in [0.5, 0.6) is 0 Å². The van der Waals surface area contributed by atoms with Gasteiger partial charge in [0.05, 0.1) is 0 Å². The monoisotopic (exact) mass is 293 g/mol. The van der Waals surface area contributed by atoms with Crippen molar-refractivity contribution in [1.29, 1.82) is 0 Å². The lowest BCUT2D eigenvalue weighted by Crippen LogP contribution is -2.33. The average molecular weight is 293 g/mol. The van der Waals surface area contributed by atoms with Gasteiger partial charge in [-0.05, 0) is 12.2 Å². The molecule has 1 atom stereocenters. The second-order valence-corrected chi connectivity index (χ2v) is 5.52. The third-order valence-electron chi connectivity index (χ3n) is 3.13. The Morgan fingerprint density at radius 3 is 3.00 bits per heavy atom. The van der Waals surface area contributed by atoms with Crippen LogP contribution in [0.4, 0.5) is 11.9 Å². The highest BCUT2D eigenvalue weighted by Crippen LogP contribution is 2.24. The van der Waals surface area contributed by atoms with Gasteiger partial charge >= 0.3 is 0 Å². The van der Waals surface area contributed by atoms with Crippen molar-refractivity contribution < 1.29 is 0 Å². The quantitative estimate of drug-likeness (QED) is 0.578. The molecular weight excluding hydrogens is 278 g/mol. The maximum atomic E-state index is 5.42. The average Bonchev–Trinajstić information content (AvgIpc) is 3.18. The number of aromatic nitrogens is 6. The summed E-state index contributed by atoms with van der Waals surface area (Å²) in [6, 6.07) is 0.427. The van der Waals surface area contributed by atoms with Crippen molar-refractivity contribution in [2.45, 2.75) is 12.5 Å². The third-order valence-corrected chi connectivity index (χ3v) is 4.28. The molecule has 2 aromatic heterocycles. The van der Waals surface area contributed by atoms with E-state index >= 15 is 0 Å². The van der Waals surface area contributed by atoms with Gasteiger partial charge in [-0.3, -0.25) is 5.43 Å². The zero-order valence-corrected chi connectivity index (χ0v) is 11.8. The number of rotatable bonds is 4. The molecule has 0 amide bonds. The maximum Gasteiger partial charge on any atom is 0.258 e. The molecule has 0 saturated carbocycles. The SMILES string of the molecule is CN(c1nc(NN)nc(-n2cncn2)n1)C1CCSC1. The number of nitrogens with one attached hydrogen (secondary N) is 1. The Morgan fingerprint density at radius 1 is 1.45 bits per heavy atom. The molecule has 20 heavy (non-hydrogen) atoms. The van der Waals surface area contributed by atoms with Crippen molar-refractivity contribution in [3.8, 4) is 5.95 Å². The highest BCUT2D eigenvalue weighted by Gasteiger charge is 2.23. The second-order valence-electron chi connectivity index (χ2n) is 4.37. The first kappa shape index (κ1) is 13.1. The molecule has 0 aromatic carbocycles. The van der Waals surface area contributed by atoms with Crippen LogP contribution in [-0.4, -0.2) is 54.3 Å². The fraction of sp³-hybridized carbons (Fsp3) is 0.500. The molecule has 1 fully saturated rings. The first-order valence-electron chi connectivity index (χ1n) is 6.16. The van der Waals surface area contributed by atoms with Crippen LogP contribution < -0.4 is 16.2 Å². The van der Waals surface area contributed by atoms with E-state index < -0.39 is 0 Å². The van der Waals surface area contributed by atoms with E-state index in [4.69, 9.17) is 5.84 Å². The summed E-state index contributed by atoms with van der Waals surface area (Å²) >= 11 is 1.94. The minimum absolute atomic E-state index is 0.304. The molecule has 9 nitrogen and oxygen atoms in total. The minimum Gasteiger partial charge on any atom is -0.340 e. The fourth-order valence-corrected chi connectivity index (χ4v) is 3.25. The van der Waals surface area contributed by atoms with E-state index in [1.807, 2.05) is 18.8 Å². The predicted molar refractivity (Wildman–Crippen MR) is 76.7 cm³/mol. The Bertz CT molecular complexity index is 566. The van der Waals surface area contributed by atoms with Crippen LogP contribution in [0.25, 0.3) is 5.95 Å². The van der Waals surface area contributed by atoms with Gasteiger partial charge in [0.25, 0.3) is 5.95 Å². The van der Waals surface area contributed by atoms with Crippen LogP contribution in [0.2, 0.25) is 0 Å². The molecule has 0 bridgehead atoms. The first-order chi connectivity index (χ1) is 9.78. The Balaban J connectivity index is 1.95. The van der Waals surface area contributed by atoms with Gasteiger partial charge in [0.2, 0.25) is 11.9 Å². The smallest absolute Gasteiger partial charge is 0.258 e. The minimum atomic E-state index is 0.304. The van der Waals surface area contributed by atoms with E-state index in [0.29, 0.717) is 23.9 Å². The fourth-order valence-electron chi connectivity index (χ4n) is 1.98. The number of nitrogen functional groups attached to an aromatic ring is 1. The number of nitrogens with zero attached hydrogens (tertiary/aromatic N) is 7. The topological polar surface area (TPSA) is 111 Å². The van der Waals surface area contributed by atoms with Gasteiger partial charge in [0.1, 0.15) is 12.7 Å². The summed E-state index contributed by atoms with van der Waals surface area (Å²) < 4.78 is 1.48. The van der Waals surface area contributed by atoms with Gasteiger partial charge in [-0.25, -0.2) is 10.8 Å². The molecule has 1 saturated heterocycles. The summed E-state index contributed by atoms with van der Waals surface area (Å²) in [6.45, 7) is 0. The summed E-state index contributed by atoms with van der Waals surface area (Å²) in [7, 11) is 1.98. The van der Waals surface area contributed by atoms with Crippen molar-refractivity contribution >= 4 is 23.7 Å². The molecule has 3 N–H and O–H groups in total. The van der Waals surface area contributed by atoms with Gasteiger partial charge in [-0.15, -0.1) is 0 Å². The van der Waals surface area contributed by atoms with E-state index in [0.717, 1.165) is 17.9 Å². The van der Waals surface area contributed by atoms with Crippen LogP contribution in [0.1, 0.15) is 6.42 Å². The van der Waals surface area contributed by atoms with Crippen LogP contribution >= 0.6 is 11.8 Å². The molecular formula is C10H15N9S. The molecule has 0 aliphatic carbocycles. The van der Waals surface area contributed by atoms with E-state index in [9.17, 15) is 0 Å². The van der Waals surface area contributed by atoms with Gasteiger partial charge in [0, 0.05) is 18.8 Å². The zero-order valence-electron chi connectivity index (χ0n) is 11.0. The second kappa shape index (κ2) is 5.59. The number of nitrogens with two attached hydrogens (primary N) is 1. The number of hydrogen-bond donors (Lipinski definition) is 2. The van der Waals surface area contributed by atoms with Gasteiger partial charge in [0.15, 0.2) is 0 Å². The molecule has 0 spiro atoms. The van der Waals surface area contributed by atoms with Crippen LogP contribution in [0.15, 0.2) is 12.7 Å². The van der Waals surface area contributed by atoms with Crippen molar-refractivity contribution in [3.05, 3.63) is 12.7 Å². The van der Waals surface area contributed by atoms with Gasteiger partial charge < -0.3 is 4.90 Å². The highest BCUT2D eigenvalue weighted by molar-refractivity contribution is 7.99. The molecule has 0 radical (unpaired) electrons. The van der Waals surface area contributed by atoms with E-state index in [1.54, 1.807) is 0 Å². The molecule has 1 aliphatic heterocycles. The van der Waals surface area contributed by atoms with E-state index in [1.165, 1.54) is 17.3 Å². The summed E-state index contributed by atoms with van der Waals surface area (Å²) in [5, 5.41) is 4.02. The molecule has 1 aliphatic rings. The lowest BCUT2D eigenvalue weighted by molar-refractivity contribution is 0.673. The number of hydrazine groups is 1. The van der Waals surface area contributed by atoms with Crippen molar-refractivity contribution in [3.63, 3.8) is 0 Å². The summed E-state index contributed by atoms with van der Waals surface area (Å²) in [5.41, 5.74) is 2.46. The van der Waals surface area contributed by atoms with Crippen molar-refractivity contribution in [2.75, 3.05) is 28.9 Å². The molecule has 10 heteroatoms. The number of anilines is 2. The van der Waals surface area contributed by atoms with Gasteiger partial charge in [-0.2, -0.15) is 36.5 Å². The Labute approximate surface area is 120 Å². The van der Waals surface area contributed by atoms with Crippen molar-refractivity contribution in [2.24, 2.45) is 5.84 Å². The number of thioether (sulfide) groups is 1. The normalized spacial score (nSPS) is 18.2. The maximum absolute atomic E-state index is 5.42. The Hall–Kier alpha value is -1.94. The molecule has 106 valence electrons. The summed E-state index contributed by atoms with van der Waals surface area (Å²) in [6.07, 6.45) is 4.08. The standard InChI is InChI=1S/C10H15N9S/c1-18(7-2-3-20-4-7)9-14-8(17-11)15-10(16-9)19-6-12-5-13-19/h5-7H,2-4,11H2,1H3,(H,14,15,16,17). The van der Waals surface area contributed by atoms with Crippen LogP contribution in [-0.2, 0) is 0 Å². The van der Waals surface area contributed by atoms with E-state index in [2.05, 4.69) is 35.4 Å². The summed E-state index contributed by atoms with van der Waals surface area (Å²) in [5.74, 6) is 8.93. The molecule has 3 heterocycles. The molecule has 1 unspecified atom stereocenters. The van der Waals surface area contributed by atoms with Crippen LogP contribution in [0.3, 0.4) is 0 Å². The Morgan fingerprint density at radius 2 is 2.35 bits per heavy atom. The summed E-state index contributed by atoms with van der Waals surface area (Å²) in [4.78, 5) is 18.9. The number of hydrogen-bond acceptors (Lipinski definition) is 9. The first-order valence-corrected chi connectivity index (χ1v) is 7.31. The van der Waals surface area contributed by atoms with E-state index in [-0.39, 0.29) is 0 Å². The Kier molecular flexibility index (Phi) is 3.65. The van der Waals surface area contributed by atoms with Crippen LogP contribution in [0, 0.1) is 0 Å². The third kappa shape index (κ3) is 2.51. The zero-order chi connectivity index (χ0) is 13.9. The molecule has 2 aromatic rings. The lowest BCUT2D eigenvalue weighted by atomic mass is 10.2.